The summed E-state index contributed by atoms with van der Waals surface area (Å²) in [5.41, 5.74) is 8.36. The van der Waals surface area contributed by atoms with E-state index in [2.05, 4.69) is 28.3 Å². The van der Waals surface area contributed by atoms with E-state index in [0.717, 1.165) is 31.7 Å². The second-order valence-electron chi connectivity index (χ2n) is 5.27. The molecule has 1 aromatic heterocycles. The van der Waals surface area contributed by atoms with Gasteiger partial charge in [0.05, 0.1) is 11.9 Å². The zero-order valence-electron chi connectivity index (χ0n) is 11.5. The molecule has 4 nitrogen and oxygen atoms in total. The van der Waals surface area contributed by atoms with Gasteiger partial charge in [0.15, 0.2) is 0 Å². The van der Waals surface area contributed by atoms with Gasteiger partial charge in [-0.2, -0.15) is 5.10 Å². The molecule has 108 valence electrons. The van der Waals surface area contributed by atoms with Crippen LogP contribution in [0.25, 0.3) is 5.69 Å². The summed E-state index contributed by atoms with van der Waals surface area (Å²) in [5, 5.41) is 4.43. The van der Waals surface area contributed by atoms with E-state index >= 15 is 0 Å². The molecule has 2 N–H and O–H groups in total. The van der Waals surface area contributed by atoms with Crippen LogP contribution in [0.1, 0.15) is 18.4 Å². The van der Waals surface area contributed by atoms with Crippen LogP contribution in [0.4, 0.5) is 0 Å². The Bertz CT molecular complexity index is 526. The Labute approximate surface area is 126 Å². The molecule has 0 unspecified atom stereocenters. The van der Waals surface area contributed by atoms with Gasteiger partial charge in [0.1, 0.15) is 0 Å². The fourth-order valence-corrected chi connectivity index (χ4v) is 2.66. The molecule has 0 saturated carbocycles. The molecule has 1 aromatic carbocycles. The number of piperidine rings is 1. The third kappa shape index (κ3) is 3.60. The lowest BCUT2D eigenvalue weighted by Gasteiger charge is -2.30. The number of likely N-dealkylation sites (tertiary alicyclic amines) is 1. The Morgan fingerprint density at radius 2 is 2.05 bits per heavy atom. The number of nitrogens with zero attached hydrogens (tertiary/aromatic N) is 3. The lowest BCUT2D eigenvalue weighted by molar-refractivity contribution is 0.201. The van der Waals surface area contributed by atoms with Crippen molar-refractivity contribution in [3.8, 4) is 5.69 Å². The number of nitrogens with two attached hydrogens (primary N) is 1. The van der Waals surface area contributed by atoms with E-state index in [1.54, 1.807) is 0 Å². The SMILES string of the molecule is Cl.N[C@@H]1CCCN(Cc2cnn(-c3ccccc3)c2)C1. The molecule has 1 aliphatic heterocycles. The highest BCUT2D eigenvalue weighted by Gasteiger charge is 2.17. The molecule has 1 saturated heterocycles. The number of hydrogen-bond donors (Lipinski definition) is 1. The molecule has 5 heteroatoms. The molecule has 0 bridgehead atoms. The number of para-hydroxylation sites is 1. The maximum absolute atomic E-state index is 6.01. The van der Waals surface area contributed by atoms with Gasteiger partial charge in [-0.25, -0.2) is 4.68 Å². The first-order valence-electron chi connectivity index (χ1n) is 6.88. The van der Waals surface area contributed by atoms with Crippen molar-refractivity contribution < 1.29 is 0 Å². The van der Waals surface area contributed by atoms with Crippen molar-refractivity contribution in [2.75, 3.05) is 13.1 Å². The molecule has 0 spiro atoms. The Balaban J connectivity index is 0.00000147. The first-order valence-corrected chi connectivity index (χ1v) is 6.88. The van der Waals surface area contributed by atoms with Crippen LogP contribution in [-0.2, 0) is 6.54 Å². The summed E-state index contributed by atoms with van der Waals surface area (Å²) >= 11 is 0. The maximum atomic E-state index is 6.01. The quantitative estimate of drug-likeness (QED) is 0.943. The fraction of sp³-hybridized carbons (Fsp3) is 0.400. The van der Waals surface area contributed by atoms with Crippen LogP contribution in [0.3, 0.4) is 0 Å². The number of rotatable bonds is 3. The normalized spacial score (nSPS) is 19.6. The van der Waals surface area contributed by atoms with Gasteiger partial charge in [-0.1, -0.05) is 18.2 Å². The number of benzene rings is 1. The van der Waals surface area contributed by atoms with Crippen LogP contribution in [0.5, 0.6) is 0 Å². The summed E-state index contributed by atoms with van der Waals surface area (Å²) in [6.45, 7) is 3.08. The van der Waals surface area contributed by atoms with E-state index in [4.69, 9.17) is 5.73 Å². The van der Waals surface area contributed by atoms with E-state index in [0.29, 0.717) is 6.04 Å². The Morgan fingerprint density at radius 3 is 2.80 bits per heavy atom. The van der Waals surface area contributed by atoms with Gasteiger partial charge < -0.3 is 5.73 Å². The Morgan fingerprint density at radius 1 is 1.25 bits per heavy atom. The molecule has 2 aromatic rings. The summed E-state index contributed by atoms with van der Waals surface area (Å²) in [7, 11) is 0. The molecule has 1 atom stereocenters. The second-order valence-corrected chi connectivity index (χ2v) is 5.27. The molecular formula is C15H21ClN4. The van der Waals surface area contributed by atoms with Crippen LogP contribution >= 0.6 is 12.4 Å². The van der Waals surface area contributed by atoms with Crippen LogP contribution in [0, 0.1) is 0 Å². The highest BCUT2D eigenvalue weighted by Crippen LogP contribution is 2.13. The summed E-state index contributed by atoms with van der Waals surface area (Å²) in [5.74, 6) is 0. The Hall–Kier alpha value is -1.36. The van der Waals surface area contributed by atoms with Crippen molar-refractivity contribution in [1.29, 1.82) is 0 Å². The van der Waals surface area contributed by atoms with Crippen molar-refractivity contribution in [3.63, 3.8) is 0 Å². The third-order valence-corrected chi connectivity index (χ3v) is 3.60. The largest absolute Gasteiger partial charge is 0.327 e. The van der Waals surface area contributed by atoms with Crippen molar-refractivity contribution in [3.05, 3.63) is 48.3 Å². The van der Waals surface area contributed by atoms with E-state index in [1.165, 1.54) is 12.0 Å². The Kier molecular flexibility index (Phi) is 5.17. The average molecular weight is 293 g/mol. The monoisotopic (exact) mass is 292 g/mol. The minimum absolute atomic E-state index is 0. The van der Waals surface area contributed by atoms with E-state index < -0.39 is 0 Å². The van der Waals surface area contributed by atoms with Gasteiger partial charge in [0, 0.05) is 30.9 Å². The summed E-state index contributed by atoms with van der Waals surface area (Å²) in [6.07, 6.45) is 6.41. The smallest absolute Gasteiger partial charge is 0.0645 e. The van der Waals surface area contributed by atoms with Gasteiger partial charge in [-0.3, -0.25) is 4.90 Å². The molecule has 1 fully saturated rings. The predicted octanol–water partition coefficient (Wildman–Crippen LogP) is 2.22. The van der Waals surface area contributed by atoms with Gasteiger partial charge in [-0.05, 0) is 31.5 Å². The summed E-state index contributed by atoms with van der Waals surface area (Å²) in [6, 6.07) is 10.5. The van der Waals surface area contributed by atoms with Crippen molar-refractivity contribution in [1.82, 2.24) is 14.7 Å². The standard InChI is InChI=1S/C15H20N4.ClH/c16-14-5-4-8-18(12-14)10-13-9-17-19(11-13)15-6-2-1-3-7-15;/h1-3,6-7,9,11,14H,4-5,8,10,12,16H2;1H/t14-;/m1./s1. The molecule has 20 heavy (non-hydrogen) atoms. The number of aromatic nitrogens is 2. The topological polar surface area (TPSA) is 47.1 Å². The van der Waals surface area contributed by atoms with Crippen LogP contribution in [0.2, 0.25) is 0 Å². The van der Waals surface area contributed by atoms with Gasteiger partial charge in [0.2, 0.25) is 0 Å². The zero-order valence-corrected chi connectivity index (χ0v) is 12.3. The summed E-state index contributed by atoms with van der Waals surface area (Å²) < 4.78 is 1.93. The lowest BCUT2D eigenvalue weighted by Crippen LogP contribution is -2.42. The van der Waals surface area contributed by atoms with E-state index in [9.17, 15) is 0 Å². The molecular weight excluding hydrogens is 272 g/mol. The van der Waals surface area contributed by atoms with Crippen LogP contribution < -0.4 is 5.73 Å². The highest BCUT2D eigenvalue weighted by atomic mass is 35.5. The third-order valence-electron chi connectivity index (χ3n) is 3.60. The predicted molar refractivity (Wildman–Crippen MR) is 83.3 cm³/mol. The minimum atomic E-state index is 0. The first kappa shape index (κ1) is 15.0. The maximum Gasteiger partial charge on any atom is 0.0645 e. The number of hydrogen-bond acceptors (Lipinski definition) is 3. The average Bonchev–Trinajstić information content (AvgIpc) is 2.88. The number of halogens is 1. The second kappa shape index (κ2) is 6.88. The van der Waals surface area contributed by atoms with Crippen molar-refractivity contribution in [2.45, 2.75) is 25.4 Å². The van der Waals surface area contributed by atoms with Crippen molar-refractivity contribution >= 4 is 12.4 Å². The first-order chi connectivity index (χ1) is 9.31. The molecule has 0 radical (unpaired) electrons. The van der Waals surface area contributed by atoms with Gasteiger partial charge >= 0.3 is 0 Å². The van der Waals surface area contributed by atoms with E-state index in [-0.39, 0.29) is 12.4 Å². The van der Waals surface area contributed by atoms with Crippen molar-refractivity contribution in [2.24, 2.45) is 5.73 Å². The van der Waals surface area contributed by atoms with Gasteiger partial charge in [-0.15, -0.1) is 12.4 Å². The minimum Gasteiger partial charge on any atom is -0.327 e. The molecule has 3 rings (SSSR count). The van der Waals surface area contributed by atoms with Crippen LogP contribution in [-0.4, -0.2) is 33.8 Å². The highest BCUT2D eigenvalue weighted by molar-refractivity contribution is 5.85. The molecule has 1 aliphatic rings. The summed E-state index contributed by atoms with van der Waals surface area (Å²) in [4.78, 5) is 2.42. The lowest BCUT2D eigenvalue weighted by atomic mass is 10.1. The van der Waals surface area contributed by atoms with Crippen LogP contribution in [0.15, 0.2) is 42.7 Å². The molecule has 2 heterocycles. The van der Waals surface area contributed by atoms with E-state index in [1.807, 2.05) is 29.1 Å². The molecule has 0 aliphatic carbocycles. The molecule has 0 amide bonds. The zero-order chi connectivity index (χ0) is 13.1. The fourth-order valence-electron chi connectivity index (χ4n) is 2.66. The van der Waals surface area contributed by atoms with Gasteiger partial charge in [0.25, 0.3) is 0 Å².